The van der Waals surface area contributed by atoms with Gasteiger partial charge in [0.2, 0.25) is 5.82 Å². The van der Waals surface area contributed by atoms with Crippen LogP contribution in [0.1, 0.15) is 5.56 Å². The van der Waals surface area contributed by atoms with E-state index in [1.165, 1.54) is 30.6 Å². The fourth-order valence-electron chi connectivity index (χ4n) is 1.45. The lowest BCUT2D eigenvalue weighted by molar-refractivity contribution is -0.387. The predicted molar refractivity (Wildman–Crippen MR) is 66.6 cm³/mol. The summed E-state index contributed by atoms with van der Waals surface area (Å²) in [5, 5.41) is 11.0. The number of nitrogens with zero attached hydrogens (tertiary/aromatic N) is 2. The highest BCUT2D eigenvalue weighted by Gasteiger charge is 2.17. The van der Waals surface area contributed by atoms with E-state index in [0.29, 0.717) is 10.8 Å². The number of hydrogen-bond acceptors (Lipinski definition) is 4. The van der Waals surface area contributed by atoms with E-state index in [9.17, 15) is 14.5 Å². The summed E-state index contributed by atoms with van der Waals surface area (Å²) >= 11 is 5.72. The van der Waals surface area contributed by atoms with E-state index in [1.54, 1.807) is 0 Å². The van der Waals surface area contributed by atoms with Gasteiger partial charge in [-0.25, -0.2) is 0 Å². The number of hydrogen-bond donors (Lipinski definition) is 0. The Hall–Kier alpha value is -2.21. The van der Waals surface area contributed by atoms with Crippen molar-refractivity contribution < 1.29 is 14.1 Å². The molecule has 0 aliphatic rings. The van der Waals surface area contributed by atoms with Crippen LogP contribution in [0.25, 0.3) is 0 Å². The number of halogens is 2. The van der Waals surface area contributed by atoms with Crippen LogP contribution in [-0.2, 0) is 6.61 Å². The van der Waals surface area contributed by atoms with Crippen LogP contribution in [0.2, 0.25) is 5.02 Å². The molecule has 0 aliphatic carbocycles. The Morgan fingerprint density at radius 2 is 2.21 bits per heavy atom. The molecule has 0 saturated heterocycles. The van der Waals surface area contributed by atoms with Gasteiger partial charge in [-0.05, 0) is 0 Å². The van der Waals surface area contributed by atoms with Gasteiger partial charge in [-0.1, -0.05) is 23.7 Å². The average molecular weight is 283 g/mol. The lowest BCUT2D eigenvalue weighted by Gasteiger charge is -2.07. The van der Waals surface area contributed by atoms with Crippen molar-refractivity contribution in [1.29, 1.82) is 0 Å². The number of ether oxygens (including phenoxy) is 1. The molecule has 2 rings (SSSR count). The Labute approximate surface area is 112 Å². The second-order valence-corrected chi connectivity index (χ2v) is 4.07. The average Bonchev–Trinajstić information content (AvgIpc) is 2.37. The molecule has 0 N–H and O–H groups in total. The minimum atomic E-state index is -0.900. The van der Waals surface area contributed by atoms with Crippen LogP contribution in [0.5, 0.6) is 5.75 Å². The molecule has 0 bridgehead atoms. The number of nitro groups is 1. The minimum absolute atomic E-state index is 0.0918. The van der Waals surface area contributed by atoms with Crippen molar-refractivity contribution in [2.24, 2.45) is 0 Å². The molecule has 0 fully saturated rings. The van der Waals surface area contributed by atoms with Crippen molar-refractivity contribution in [2.75, 3.05) is 0 Å². The molecule has 1 aromatic carbocycles. The molecule has 1 aromatic heterocycles. The zero-order chi connectivity index (χ0) is 13.8. The van der Waals surface area contributed by atoms with Crippen LogP contribution in [0.4, 0.5) is 10.1 Å². The van der Waals surface area contributed by atoms with E-state index in [-0.39, 0.29) is 12.2 Å². The van der Waals surface area contributed by atoms with Crippen LogP contribution in [0.15, 0.2) is 36.7 Å². The van der Waals surface area contributed by atoms with Gasteiger partial charge in [-0.15, -0.1) is 0 Å². The first-order valence-corrected chi connectivity index (χ1v) is 5.61. The van der Waals surface area contributed by atoms with Crippen LogP contribution in [0.3, 0.4) is 0 Å². The number of rotatable bonds is 4. The standard InChI is InChI=1S/C12H8ClFN2O3/c13-9-4-10(6-15-5-9)19-7-8-2-1-3-11(12(8)14)16(17)18/h1-6H,7H2. The molecule has 19 heavy (non-hydrogen) atoms. The van der Waals surface area contributed by atoms with Crippen LogP contribution >= 0.6 is 11.6 Å². The lowest BCUT2D eigenvalue weighted by atomic mass is 10.2. The fourth-order valence-corrected chi connectivity index (χ4v) is 1.61. The van der Waals surface area contributed by atoms with E-state index in [2.05, 4.69) is 4.98 Å². The summed E-state index contributed by atoms with van der Waals surface area (Å²) in [6.45, 7) is -0.143. The largest absolute Gasteiger partial charge is 0.487 e. The molecule has 0 aliphatic heterocycles. The second-order valence-electron chi connectivity index (χ2n) is 3.63. The van der Waals surface area contributed by atoms with E-state index >= 15 is 0 Å². The first-order chi connectivity index (χ1) is 9.08. The fraction of sp³-hybridized carbons (Fsp3) is 0.0833. The Balaban J connectivity index is 2.16. The highest BCUT2D eigenvalue weighted by molar-refractivity contribution is 6.30. The topological polar surface area (TPSA) is 65.3 Å². The van der Waals surface area contributed by atoms with Crippen molar-refractivity contribution in [3.63, 3.8) is 0 Å². The maximum Gasteiger partial charge on any atom is 0.305 e. The van der Waals surface area contributed by atoms with Crippen LogP contribution in [-0.4, -0.2) is 9.91 Å². The lowest BCUT2D eigenvalue weighted by Crippen LogP contribution is -2.02. The third-order valence-electron chi connectivity index (χ3n) is 2.33. The maximum absolute atomic E-state index is 13.7. The molecule has 0 radical (unpaired) electrons. The van der Waals surface area contributed by atoms with Gasteiger partial charge in [0.15, 0.2) is 0 Å². The molecular formula is C12H8ClFN2O3. The summed E-state index contributed by atoms with van der Waals surface area (Å²) in [4.78, 5) is 13.6. The summed E-state index contributed by atoms with van der Waals surface area (Å²) in [6, 6.07) is 5.43. The molecule has 0 amide bonds. The normalized spacial score (nSPS) is 10.2. The number of nitro benzene ring substituents is 1. The predicted octanol–water partition coefficient (Wildman–Crippen LogP) is 3.36. The zero-order valence-corrected chi connectivity index (χ0v) is 10.3. The van der Waals surface area contributed by atoms with Crippen molar-refractivity contribution in [3.05, 3.63) is 63.2 Å². The Bertz CT molecular complexity index is 622. The molecule has 7 heteroatoms. The minimum Gasteiger partial charge on any atom is -0.487 e. The number of aromatic nitrogens is 1. The number of benzene rings is 1. The molecule has 5 nitrogen and oxygen atoms in total. The van der Waals surface area contributed by atoms with Gasteiger partial charge in [-0.2, -0.15) is 4.39 Å². The Morgan fingerprint density at radius 3 is 2.89 bits per heavy atom. The molecule has 2 aromatic rings. The van der Waals surface area contributed by atoms with Gasteiger partial charge < -0.3 is 4.74 Å². The molecule has 0 spiro atoms. The van der Waals surface area contributed by atoms with Gasteiger partial charge >= 0.3 is 5.69 Å². The third kappa shape index (κ3) is 3.17. The Morgan fingerprint density at radius 1 is 1.42 bits per heavy atom. The van der Waals surface area contributed by atoms with Gasteiger partial charge in [0.05, 0.1) is 16.1 Å². The highest BCUT2D eigenvalue weighted by Crippen LogP contribution is 2.22. The van der Waals surface area contributed by atoms with E-state index < -0.39 is 16.4 Å². The maximum atomic E-state index is 13.7. The first-order valence-electron chi connectivity index (χ1n) is 5.23. The summed E-state index contributed by atoms with van der Waals surface area (Å²) in [5.41, 5.74) is -0.487. The van der Waals surface area contributed by atoms with Crippen LogP contribution < -0.4 is 4.74 Å². The van der Waals surface area contributed by atoms with Crippen molar-refractivity contribution in [2.45, 2.75) is 6.61 Å². The molecule has 0 unspecified atom stereocenters. The van der Waals surface area contributed by atoms with Crippen molar-refractivity contribution >= 4 is 17.3 Å². The van der Waals surface area contributed by atoms with Crippen molar-refractivity contribution in [3.8, 4) is 5.75 Å². The van der Waals surface area contributed by atoms with Gasteiger partial charge in [0, 0.05) is 23.9 Å². The summed E-state index contributed by atoms with van der Waals surface area (Å²) in [5.74, 6) is -0.541. The Kier molecular flexibility index (Phi) is 3.91. The smallest absolute Gasteiger partial charge is 0.305 e. The molecule has 1 heterocycles. The van der Waals surface area contributed by atoms with Gasteiger partial charge in [0.25, 0.3) is 0 Å². The summed E-state index contributed by atoms with van der Waals surface area (Å²) < 4.78 is 19.0. The molecule has 98 valence electrons. The van der Waals surface area contributed by atoms with E-state index in [4.69, 9.17) is 16.3 Å². The van der Waals surface area contributed by atoms with Crippen LogP contribution in [0, 0.1) is 15.9 Å². The first kappa shape index (κ1) is 13.2. The highest BCUT2D eigenvalue weighted by atomic mass is 35.5. The van der Waals surface area contributed by atoms with E-state index in [0.717, 1.165) is 6.07 Å². The molecule has 0 saturated carbocycles. The zero-order valence-electron chi connectivity index (χ0n) is 9.55. The molecule has 0 atom stereocenters. The van der Waals surface area contributed by atoms with E-state index in [1.807, 2.05) is 0 Å². The van der Waals surface area contributed by atoms with Gasteiger partial charge in [-0.3, -0.25) is 15.1 Å². The molecular weight excluding hydrogens is 275 g/mol. The SMILES string of the molecule is O=[N+]([O-])c1cccc(COc2cncc(Cl)c2)c1F. The number of pyridine rings is 1. The van der Waals surface area contributed by atoms with Gasteiger partial charge in [0.1, 0.15) is 12.4 Å². The summed E-state index contributed by atoms with van der Waals surface area (Å²) in [6.07, 6.45) is 2.85. The monoisotopic (exact) mass is 282 g/mol. The quantitative estimate of drug-likeness (QED) is 0.637. The second kappa shape index (κ2) is 5.62. The summed E-state index contributed by atoms with van der Waals surface area (Å²) in [7, 11) is 0. The third-order valence-corrected chi connectivity index (χ3v) is 2.54. The van der Waals surface area contributed by atoms with Crippen molar-refractivity contribution in [1.82, 2.24) is 4.98 Å².